The molecule has 2 aliphatic rings. The van der Waals surface area contributed by atoms with Gasteiger partial charge in [0.15, 0.2) is 0 Å². The number of methoxy groups -OCH3 is 1. The Hall–Kier alpha value is -1.15. The van der Waals surface area contributed by atoms with E-state index in [4.69, 9.17) is 9.47 Å². The maximum Gasteiger partial charge on any atom is 0.247 e. The number of benzene rings is 1. The standard InChI is InChI=1S/C20H32N2O4S/c1-16(2)8-11-21-12-9-17-18(10-13-21)26-19-6-4-5-7-20(19)27(23,24)22(17)14-15-25-3/h4-7,16-18H,8-15H2,1-3H3/t17-,18-/m1/s1. The van der Waals surface area contributed by atoms with Crippen molar-refractivity contribution >= 4 is 10.0 Å². The molecule has 0 unspecified atom stereocenters. The molecule has 0 aliphatic carbocycles. The molecule has 1 saturated heterocycles. The first-order valence-electron chi connectivity index (χ1n) is 9.92. The third kappa shape index (κ3) is 4.65. The fraction of sp³-hybridized carbons (Fsp3) is 0.700. The summed E-state index contributed by atoms with van der Waals surface area (Å²) < 4.78 is 39.8. The number of fused-ring (bicyclic) bond motifs is 2. The monoisotopic (exact) mass is 396 g/mol. The quantitative estimate of drug-likeness (QED) is 0.740. The molecule has 2 atom stereocenters. The van der Waals surface area contributed by atoms with Crippen molar-refractivity contribution in [2.45, 2.75) is 50.2 Å². The number of hydrogen-bond donors (Lipinski definition) is 0. The second-order valence-electron chi connectivity index (χ2n) is 7.88. The first-order chi connectivity index (χ1) is 12.9. The number of rotatable bonds is 6. The normalized spacial score (nSPS) is 25.9. The molecule has 1 aromatic rings. The summed E-state index contributed by atoms with van der Waals surface area (Å²) in [6.07, 6.45) is 2.63. The van der Waals surface area contributed by atoms with Gasteiger partial charge in [0.25, 0.3) is 0 Å². The van der Waals surface area contributed by atoms with Gasteiger partial charge in [0.2, 0.25) is 10.0 Å². The van der Waals surface area contributed by atoms with Crippen LogP contribution in [0.3, 0.4) is 0 Å². The molecule has 2 heterocycles. The lowest BCUT2D eigenvalue weighted by Gasteiger charge is -2.31. The van der Waals surface area contributed by atoms with Crippen molar-refractivity contribution in [1.82, 2.24) is 9.21 Å². The highest BCUT2D eigenvalue weighted by Gasteiger charge is 2.42. The minimum Gasteiger partial charge on any atom is -0.487 e. The van der Waals surface area contributed by atoms with E-state index in [1.165, 1.54) is 0 Å². The van der Waals surface area contributed by atoms with Gasteiger partial charge in [0.05, 0.1) is 12.6 Å². The van der Waals surface area contributed by atoms with Crippen LogP contribution < -0.4 is 4.74 Å². The molecule has 27 heavy (non-hydrogen) atoms. The Morgan fingerprint density at radius 2 is 1.93 bits per heavy atom. The van der Waals surface area contributed by atoms with Gasteiger partial charge in [-0.05, 0) is 50.4 Å². The van der Waals surface area contributed by atoms with Crippen molar-refractivity contribution in [2.24, 2.45) is 5.92 Å². The van der Waals surface area contributed by atoms with Crippen molar-refractivity contribution < 1.29 is 17.9 Å². The first kappa shape index (κ1) is 20.6. The van der Waals surface area contributed by atoms with Gasteiger partial charge in [-0.25, -0.2) is 8.42 Å². The lowest BCUT2D eigenvalue weighted by atomic mass is 10.1. The van der Waals surface area contributed by atoms with Crippen LogP contribution in [0.1, 0.15) is 33.1 Å². The zero-order valence-electron chi connectivity index (χ0n) is 16.6. The van der Waals surface area contributed by atoms with Crippen LogP contribution in [0, 0.1) is 5.92 Å². The zero-order chi connectivity index (χ0) is 19.4. The van der Waals surface area contributed by atoms with E-state index in [0.717, 1.165) is 38.9 Å². The fourth-order valence-corrected chi connectivity index (χ4v) is 5.73. The summed E-state index contributed by atoms with van der Waals surface area (Å²) in [7, 11) is -2.01. The maximum atomic E-state index is 13.4. The van der Waals surface area contributed by atoms with E-state index < -0.39 is 10.0 Å². The van der Waals surface area contributed by atoms with Crippen molar-refractivity contribution in [3.8, 4) is 5.75 Å². The Balaban J connectivity index is 1.89. The molecule has 0 N–H and O–H groups in total. The van der Waals surface area contributed by atoms with Crippen LogP contribution in [0.15, 0.2) is 29.2 Å². The molecule has 1 aromatic carbocycles. The van der Waals surface area contributed by atoms with E-state index in [0.29, 0.717) is 24.8 Å². The molecular weight excluding hydrogens is 364 g/mol. The predicted molar refractivity (Wildman–Crippen MR) is 106 cm³/mol. The minimum absolute atomic E-state index is 0.135. The molecule has 0 saturated carbocycles. The predicted octanol–water partition coefficient (Wildman–Crippen LogP) is 2.60. The molecule has 0 aromatic heterocycles. The van der Waals surface area contributed by atoms with Gasteiger partial charge in [-0.3, -0.25) is 0 Å². The van der Waals surface area contributed by atoms with Gasteiger partial charge in [-0.1, -0.05) is 26.0 Å². The average Bonchev–Trinajstić information content (AvgIpc) is 2.87. The summed E-state index contributed by atoms with van der Waals surface area (Å²) in [5.41, 5.74) is 0. The summed E-state index contributed by atoms with van der Waals surface area (Å²) in [4.78, 5) is 2.72. The van der Waals surface area contributed by atoms with Gasteiger partial charge in [-0.15, -0.1) is 0 Å². The van der Waals surface area contributed by atoms with Crippen molar-refractivity contribution in [3.05, 3.63) is 24.3 Å². The minimum atomic E-state index is -3.61. The molecule has 7 heteroatoms. The lowest BCUT2D eigenvalue weighted by molar-refractivity contribution is 0.0958. The van der Waals surface area contributed by atoms with E-state index >= 15 is 0 Å². The van der Waals surface area contributed by atoms with Crippen LogP contribution in [0.4, 0.5) is 0 Å². The number of para-hydroxylation sites is 1. The topological polar surface area (TPSA) is 59.1 Å². The van der Waals surface area contributed by atoms with Gasteiger partial charge in [-0.2, -0.15) is 4.31 Å². The van der Waals surface area contributed by atoms with E-state index in [-0.39, 0.29) is 17.0 Å². The highest BCUT2D eigenvalue weighted by Crippen LogP contribution is 2.36. The third-order valence-electron chi connectivity index (χ3n) is 5.52. The molecule has 1 fully saturated rings. The van der Waals surface area contributed by atoms with Crippen molar-refractivity contribution in [3.63, 3.8) is 0 Å². The lowest BCUT2D eigenvalue weighted by Crippen LogP contribution is -2.48. The molecule has 0 spiro atoms. The van der Waals surface area contributed by atoms with E-state index in [1.807, 2.05) is 6.07 Å². The zero-order valence-corrected chi connectivity index (χ0v) is 17.5. The number of nitrogens with zero attached hydrogens (tertiary/aromatic N) is 2. The van der Waals surface area contributed by atoms with Gasteiger partial charge in [0.1, 0.15) is 16.7 Å². The van der Waals surface area contributed by atoms with E-state index in [9.17, 15) is 8.42 Å². The largest absolute Gasteiger partial charge is 0.487 e. The summed E-state index contributed by atoms with van der Waals surface area (Å²) in [6, 6.07) is 6.83. The van der Waals surface area contributed by atoms with Crippen LogP contribution >= 0.6 is 0 Å². The van der Waals surface area contributed by atoms with Gasteiger partial charge >= 0.3 is 0 Å². The van der Waals surface area contributed by atoms with Gasteiger partial charge in [0, 0.05) is 20.2 Å². The average molecular weight is 397 g/mol. The molecule has 0 radical (unpaired) electrons. The summed E-state index contributed by atoms with van der Waals surface area (Å²) in [6.45, 7) is 8.09. The molecule has 152 valence electrons. The summed E-state index contributed by atoms with van der Waals surface area (Å²) in [5, 5.41) is 0. The molecule has 2 aliphatic heterocycles. The van der Waals surface area contributed by atoms with Crippen molar-refractivity contribution in [2.75, 3.05) is 39.9 Å². The Bertz CT molecular complexity index is 722. The number of hydrogen-bond acceptors (Lipinski definition) is 5. The second kappa shape index (κ2) is 8.90. The number of likely N-dealkylation sites (tertiary alicyclic amines) is 1. The Labute approximate surface area is 163 Å². The smallest absolute Gasteiger partial charge is 0.247 e. The first-order valence-corrected chi connectivity index (χ1v) is 11.4. The Kier molecular flexibility index (Phi) is 6.78. The highest BCUT2D eigenvalue weighted by atomic mass is 32.2. The third-order valence-corrected chi connectivity index (χ3v) is 7.49. The van der Waals surface area contributed by atoms with E-state index in [2.05, 4.69) is 18.7 Å². The Morgan fingerprint density at radius 3 is 2.67 bits per heavy atom. The molecule has 6 nitrogen and oxygen atoms in total. The maximum absolute atomic E-state index is 13.4. The SMILES string of the molecule is COCCN1[C@@H]2CCN(CCC(C)C)CC[C@H]2Oc2ccccc2S1(=O)=O. The van der Waals surface area contributed by atoms with E-state index in [1.54, 1.807) is 29.6 Å². The van der Waals surface area contributed by atoms with Crippen LogP contribution in [0.25, 0.3) is 0 Å². The Morgan fingerprint density at radius 1 is 1.19 bits per heavy atom. The molecule has 0 amide bonds. The van der Waals surface area contributed by atoms with Crippen LogP contribution in [-0.4, -0.2) is 69.7 Å². The summed E-state index contributed by atoms with van der Waals surface area (Å²) in [5.74, 6) is 1.14. The molecular formula is C20H32N2O4S. The van der Waals surface area contributed by atoms with Gasteiger partial charge < -0.3 is 14.4 Å². The number of sulfonamides is 1. The van der Waals surface area contributed by atoms with Crippen LogP contribution in [0.2, 0.25) is 0 Å². The molecule has 3 rings (SSSR count). The van der Waals surface area contributed by atoms with Crippen LogP contribution in [-0.2, 0) is 14.8 Å². The second-order valence-corrected chi connectivity index (χ2v) is 9.74. The fourth-order valence-electron chi connectivity index (χ4n) is 3.94. The highest BCUT2D eigenvalue weighted by molar-refractivity contribution is 7.89. The van der Waals surface area contributed by atoms with Crippen LogP contribution in [0.5, 0.6) is 5.75 Å². The number of ether oxygens (including phenoxy) is 2. The summed E-state index contributed by atoms with van der Waals surface area (Å²) >= 11 is 0. The van der Waals surface area contributed by atoms with Crippen molar-refractivity contribution in [1.29, 1.82) is 0 Å². The molecule has 0 bridgehead atoms.